The van der Waals surface area contributed by atoms with Crippen molar-refractivity contribution in [2.75, 3.05) is 14.7 Å². The van der Waals surface area contributed by atoms with Gasteiger partial charge in [0.2, 0.25) is 0 Å². The number of anilines is 9. The zero-order valence-electron chi connectivity index (χ0n) is 48.6. The van der Waals surface area contributed by atoms with Crippen LogP contribution in [0.25, 0.3) is 0 Å². The van der Waals surface area contributed by atoms with E-state index in [0.29, 0.717) is 0 Å². The van der Waals surface area contributed by atoms with Crippen molar-refractivity contribution in [3.63, 3.8) is 0 Å². The van der Waals surface area contributed by atoms with E-state index in [4.69, 9.17) is 0 Å². The Morgan fingerprint density at radius 2 is 0.689 bits per heavy atom. The van der Waals surface area contributed by atoms with Crippen LogP contribution in [0.1, 0.15) is 184 Å². The van der Waals surface area contributed by atoms with Crippen molar-refractivity contribution in [3.05, 3.63) is 179 Å². The number of para-hydroxylation sites is 2. The average Bonchev–Trinajstić information content (AvgIpc) is 3.39. The maximum absolute atomic E-state index is 2.62. The Bertz CT molecular complexity index is 2980. The number of benzene rings is 7. The summed E-state index contributed by atoms with van der Waals surface area (Å²) < 4.78 is 0. The van der Waals surface area contributed by atoms with Gasteiger partial charge in [0.15, 0.2) is 0 Å². The number of fused-ring (bicyclic) bond motifs is 4. The lowest BCUT2D eigenvalue weighted by Gasteiger charge is -2.46. The van der Waals surface area contributed by atoms with Gasteiger partial charge in [-0.1, -0.05) is 210 Å². The van der Waals surface area contributed by atoms with Gasteiger partial charge in [-0.25, -0.2) is 0 Å². The van der Waals surface area contributed by atoms with Crippen LogP contribution in [-0.4, -0.2) is 6.71 Å². The van der Waals surface area contributed by atoms with Gasteiger partial charge in [-0.3, -0.25) is 0 Å². The van der Waals surface area contributed by atoms with E-state index in [9.17, 15) is 0 Å². The van der Waals surface area contributed by atoms with Gasteiger partial charge >= 0.3 is 0 Å². The van der Waals surface area contributed by atoms with Crippen LogP contribution in [0.2, 0.25) is 0 Å². The molecule has 0 amide bonds. The maximum Gasteiger partial charge on any atom is 0.252 e. The minimum Gasteiger partial charge on any atom is -0.311 e. The van der Waals surface area contributed by atoms with Crippen molar-refractivity contribution in [1.29, 1.82) is 0 Å². The van der Waals surface area contributed by atoms with Gasteiger partial charge in [0.25, 0.3) is 6.71 Å². The molecule has 2 heterocycles. The molecular weight excluding hydrogens is 894 g/mol. The molecule has 9 rings (SSSR count). The Morgan fingerprint density at radius 1 is 0.365 bits per heavy atom. The summed E-state index contributed by atoms with van der Waals surface area (Å²) in [6.45, 7) is 42.5. The van der Waals surface area contributed by atoms with E-state index in [1.165, 1.54) is 95.3 Å². The normalized spacial score (nSPS) is 13.9. The van der Waals surface area contributed by atoms with E-state index in [1.54, 1.807) is 0 Å². The highest BCUT2D eigenvalue weighted by Crippen LogP contribution is 2.51. The van der Waals surface area contributed by atoms with Crippen LogP contribution in [0.5, 0.6) is 0 Å². The van der Waals surface area contributed by atoms with Gasteiger partial charge in [-0.2, -0.15) is 0 Å². The minimum absolute atomic E-state index is 0.00874. The van der Waals surface area contributed by atoms with Gasteiger partial charge in [0.05, 0.1) is 5.69 Å². The molecule has 0 saturated carbocycles. The molecule has 74 heavy (non-hydrogen) atoms. The molecule has 2 aliphatic rings. The molecule has 0 unspecified atom stereocenters. The first kappa shape index (κ1) is 52.9. The molecule has 0 aliphatic carbocycles. The number of rotatable bonds is 13. The topological polar surface area (TPSA) is 9.72 Å². The van der Waals surface area contributed by atoms with Gasteiger partial charge in [0, 0.05) is 45.5 Å². The second-order valence-corrected chi connectivity index (χ2v) is 26.5. The van der Waals surface area contributed by atoms with E-state index in [0.717, 1.165) is 31.4 Å². The lowest BCUT2D eigenvalue weighted by atomic mass is 9.33. The van der Waals surface area contributed by atoms with E-state index >= 15 is 0 Å². The summed E-state index contributed by atoms with van der Waals surface area (Å²) in [5.74, 6) is 0. The Hall–Kier alpha value is -6.00. The monoisotopic (exact) mass is 980 g/mol. The van der Waals surface area contributed by atoms with Gasteiger partial charge in [-0.15, -0.1) is 0 Å². The number of hydrogen-bond acceptors (Lipinski definition) is 3. The van der Waals surface area contributed by atoms with Crippen LogP contribution < -0.4 is 31.1 Å². The molecule has 2 aliphatic heterocycles. The van der Waals surface area contributed by atoms with E-state index in [1.807, 2.05) is 0 Å². The fraction of sp³-hybridized carbons (Fsp3) is 0.400. The van der Waals surface area contributed by atoms with Crippen molar-refractivity contribution in [1.82, 2.24) is 0 Å². The quantitative estimate of drug-likeness (QED) is 0.107. The first-order valence-corrected chi connectivity index (χ1v) is 28.0. The molecule has 4 heteroatoms. The van der Waals surface area contributed by atoms with Crippen molar-refractivity contribution in [3.8, 4) is 0 Å². The molecule has 0 aromatic heterocycles. The minimum atomic E-state index is -0.134. The predicted octanol–water partition coefficient (Wildman–Crippen LogP) is 18.6. The smallest absolute Gasteiger partial charge is 0.252 e. The third-order valence-electron chi connectivity index (χ3n) is 18.1. The molecule has 0 bridgehead atoms. The molecule has 7 aromatic carbocycles. The molecule has 0 radical (unpaired) electrons. The largest absolute Gasteiger partial charge is 0.311 e. The highest BCUT2D eigenvalue weighted by molar-refractivity contribution is 7.00. The first-order valence-electron chi connectivity index (χ1n) is 28.0. The SMILES string of the molecule is CCC(C)(C)c1ccc(N2c3ccc(C(C)(C)CC)cc3B3c4cc(C(C)(C)CC)ccc4N(c4ccc(C(C)(C)CC)cc4)c4cc(N(c5ccccc5C(C)(C)C)c5ccccc5C(C)(C)C)cc2c43)cc1. The summed E-state index contributed by atoms with van der Waals surface area (Å²) in [5, 5.41) is 0. The van der Waals surface area contributed by atoms with Gasteiger partial charge in [0.1, 0.15) is 0 Å². The standard InChI is InChI=1S/C70H86BN3/c1-19-67(11,12)47-31-37-51(38-32-47)72-60-41-35-49(69(15,16)21-3)43-56(60)71-57-44-50(70(17,18)22-4)36-42-61(57)73(52-39-33-48(34-40-52)68(13,14)20-2)63-46-53(45-62(72)64(63)71)74(58-29-25-23-27-54(58)65(5,6)7)59-30-26-24-28-55(59)66(8,9)10/h23-46H,19-22H2,1-18H3. The molecule has 3 nitrogen and oxygen atoms in total. The van der Waals surface area contributed by atoms with Crippen LogP contribution in [0.3, 0.4) is 0 Å². The lowest BCUT2D eigenvalue weighted by Crippen LogP contribution is -2.61. The Balaban J connectivity index is 1.48. The zero-order valence-corrected chi connectivity index (χ0v) is 48.6. The molecule has 0 spiro atoms. The van der Waals surface area contributed by atoms with Crippen molar-refractivity contribution >= 4 is 74.3 Å². The van der Waals surface area contributed by atoms with Crippen LogP contribution in [0.4, 0.5) is 51.2 Å². The summed E-state index contributed by atoms with van der Waals surface area (Å²) in [7, 11) is 0. The van der Waals surface area contributed by atoms with Crippen LogP contribution >= 0.6 is 0 Å². The predicted molar refractivity (Wildman–Crippen MR) is 326 cm³/mol. The number of nitrogens with zero attached hydrogens (tertiary/aromatic N) is 3. The second-order valence-electron chi connectivity index (χ2n) is 26.5. The molecular formula is C70H86BN3. The van der Waals surface area contributed by atoms with Crippen LogP contribution in [0.15, 0.2) is 146 Å². The summed E-state index contributed by atoms with van der Waals surface area (Å²) >= 11 is 0. The van der Waals surface area contributed by atoms with Crippen LogP contribution in [-0.2, 0) is 32.5 Å². The Kier molecular flexibility index (Phi) is 13.6. The molecule has 0 atom stereocenters. The summed E-state index contributed by atoms with van der Waals surface area (Å²) in [6, 6.07) is 57.5. The zero-order chi connectivity index (χ0) is 53.5. The highest BCUT2D eigenvalue weighted by Gasteiger charge is 2.45. The Labute approximate surface area is 448 Å². The molecule has 0 N–H and O–H groups in total. The lowest BCUT2D eigenvalue weighted by molar-refractivity contribution is 0.506. The second kappa shape index (κ2) is 19.0. The van der Waals surface area contributed by atoms with E-state index in [-0.39, 0.29) is 39.2 Å². The van der Waals surface area contributed by atoms with E-state index < -0.39 is 0 Å². The third kappa shape index (κ3) is 9.21. The fourth-order valence-corrected chi connectivity index (χ4v) is 11.5. The highest BCUT2D eigenvalue weighted by atomic mass is 15.2. The van der Waals surface area contributed by atoms with E-state index in [2.05, 4.69) is 285 Å². The van der Waals surface area contributed by atoms with Crippen molar-refractivity contribution in [2.24, 2.45) is 0 Å². The first-order chi connectivity index (χ1) is 34.8. The van der Waals surface area contributed by atoms with Crippen molar-refractivity contribution < 1.29 is 0 Å². The molecule has 0 saturated heterocycles. The summed E-state index contributed by atoms with van der Waals surface area (Å²) in [6.07, 6.45) is 4.23. The van der Waals surface area contributed by atoms with Crippen LogP contribution in [0, 0.1) is 0 Å². The van der Waals surface area contributed by atoms with Crippen molar-refractivity contribution in [2.45, 2.75) is 183 Å². The molecule has 0 fully saturated rings. The van der Waals surface area contributed by atoms with Gasteiger partial charge in [-0.05, 0) is 169 Å². The maximum atomic E-state index is 2.62. The third-order valence-corrected chi connectivity index (χ3v) is 18.1. The van der Waals surface area contributed by atoms with Gasteiger partial charge < -0.3 is 14.7 Å². The Morgan fingerprint density at radius 3 is 1.03 bits per heavy atom. The average molecular weight is 980 g/mol. The molecule has 7 aromatic rings. The summed E-state index contributed by atoms with van der Waals surface area (Å²) in [4.78, 5) is 7.85. The summed E-state index contributed by atoms with van der Waals surface area (Å²) in [5.41, 5.74) is 22.8. The molecule has 384 valence electrons. The fourth-order valence-electron chi connectivity index (χ4n) is 11.5. The number of hydrogen-bond donors (Lipinski definition) is 0.